The van der Waals surface area contributed by atoms with Gasteiger partial charge < -0.3 is 77.9 Å². The molecule has 0 spiro atoms. The molecule has 15 N–H and O–H groups in total. The number of likely N-dealkylation sites (N-methyl/N-ethyl adjacent to an activating group) is 1. The van der Waals surface area contributed by atoms with Gasteiger partial charge in [0.1, 0.15) is 18.1 Å². The number of aliphatic carboxylic acids is 9. The highest BCUT2D eigenvalue weighted by Crippen LogP contribution is 2.11. The Labute approximate surface area is 640 Å². The first kappa shape index (κ1) is 95.8. The fourth-order valence-electron chi connectivity index (χ4n) is 12.8. The fourth-order valence-corrected chi connectivity index (χ4v) is 12.8. The normalized spacial score (nSPS) is 18.6. The van der Waals surface area contributed by atoms with Crippen molar-refractivity contribution >= 4 is 89.2 Å². The fraction of sp³-hybridized carbons (Fsp3) is 0.779. The summed E-state index contributed by atoms with van der Waals surface area (Å²) in [5.41, 5.74) is 0. The summed E-state index contributed by atoms with van der Waals surface area (Å²) in [6.07, 6.45) is 2.48. The summed E-state index contributed by atoms with van der Waals surface area (Å²) in [6.45, 7) is 3.35. The maximum Gasteiger partial charge on any atom is 0.317 e. The number of carboxylic acids is 9. The van der Waals surface area contributed by atoms with E-state index in [-0.39, 0.29) is 287 Å². The van der Waals surface area contributed by atoms with E-state index in [9.17, 15) is 118 Å². The van der Waals surface area contributed by atoms with Gasteiger partial charge in [-0.05, 0) is 51.9 Å². The Bertz CT molecular complexity index is 2850. The molecule has 3 fully saturated rings. The van der Waals surface area contributed by atoms with Crippen LogP contribution in [-0.4, -0.2) is 467 Å². The van der Waals surface area contributed by atoms with E-state index in [4.69, 9.17) is 0 Å². The molecule has 3 unspecified atom stereocenters. The van der Waals surface area contributed by atoms with Crippen LogP contribution in [0.1, 0.15) is 71.6 Å². The Morgan fingerprint density at radius 1 is 0.236 bits per heavy atom. The number of nitrogens with zero attached hydrogens (tertiary/aromatic N) is 12. The number of hydrogen-bond donors (Lipinski definition) is 15. The molecular formula is C68H120N18O24. The minimum Gasteiger partial charge on any atom is -0.480 e. The van der Waals surface area contributed by atoms with Crippen molar-refractivity contribution in [3.63, 3.8) is 0 Å². The van der Waals surface area contributed by atoms with Gasteiger partial charge in [0, 0.05) is 177 Å². The zero-order valence-electron chi connectivity index (χ0n) is 63.7. The highest BCUT2D eigenvalue weighted by atomic mass is 16.4. The van der Waals surface area contributed by atoms with Crippen LogP contribution in [0.5, 0.6) is 0 Å². The lowest BCUT2D eigenvalue weighted by molar-refractivity contribution is -0.140. The minimum atomic E-state index is -1.31. The first-order valence-electron chi connectivity index (χ1n) is 37.6. The summed E-state index contributed by atoms with van der Waals surface area (Å²) in [5.74, 6) is -13.6. The van der Waals surface area contributed by atoms with E-state index in [0.29, 0.717) is 12.8 Å². The molecule has 3 aliphatic heterocycles. The lowest BCUT2D eigenvalue weighted by Gasteiger charge is -2.33. The van der Waals surface area contributed by atoms with Gasteiger partial charge in [-0.2, -0.15) is 0 Å². The first-order chi connectivity index (χ1) is 52.3. The van der Waals surface area contributed by atoms with Crippen molar-refractivity contribution in [2.24, 2.45) is 0 Å². The number of unbranched alkanes of at least 4 members (excludes halogenated alkanes) is 3. The predicted octanol–water partition coefficient (Wildman–Crippen LogP) is -7.23. The standard InChI is InChI=1S/C68H120N18O24/c1-3-5-10-51(72-55(88)40-76-17-23-80(44-59(94)95)29-35-85(49-64(104)105)36-30-81(24-18-76)45-60(96)97)67(109)71-14-9-7-11-52(66(108)69-4-2)74-68(110)53(73-56(89)41-77-19-25-82(46-61(98)99)31-37-86(50-65(106)107)38-32-83(26-20-77)47-62(100)101)12-6-8-13-70-54(87)39-75-15-21-78(42-57(90)91)27-33-84(48-63(102)103)34-28-79(22-16-75)43-58(92)93/h51-53H,3-50H2,1-2H3,(H,69,108)(H,70,87)(H,71,109)(H,72,88)(H,73,89)(H,74,110)(H,90,91)(H,92,93)(H,94,95)(H,96,97)(H,98,99)(H,100,101)(H,102,103)(H,104,105)(H,106,107). The molecule has 3 aliphatic rings. The van der Waals surface area contributed by atoms with E-state index >= 15 is 0 Å². The second kappa shape index (κ2) is 54.2. The molecule has 3 rings (SSSR count). The van der Waals surface area contributed by atoms with E-state index < -0.39 is 120 Å². The molecule has 0 radical (unpaired) electrons. The van der Waals surface area contributed by atoms with Crippen molar-refractivity contribution in [1.29, 1.82) is 0 Å². The van der Waals surface area contributed by atoms with Crippen LogP contribution < -0.4 is 31.9 Å². The SMILES string of the molecule is CCCCC(NC(=O)CN1CCN(CC(=O)O)CCN(CC(=O)O)CCN(CC(=O)O)CC1)C(=O)NCCCCC(NC(=O)C(CCCCNC(=O)CN1CCN(CC(=O)O)CCN(CC(=O)O)CCN(CC(=O)O)CC1)NC(=O)CN1CCN(CC(=O)O)CCN(CC(=O)O)CCN(CC(=O)O)CC1)C(=O)NCC. The van der Waals surface area contributed by atoms with Crippen molar-refractivity contribution in [3.8, 4) is 0 Å². The lowest BCUT2D eigenvalue weighted by atomic mass is 10.0. The van der Waals surface area contributed by atoms with Crippen molar-refractivity contribution < 1.29 is 118 Å². The number of carbonyl (C=O) groups is 15. The van der Waals surface area contributed by atoms with Crippen molar-refractivity contribution in [2.75, 3.05) is 255 Å². The summed E-state index contributed by atoms with van der Waals surface area (Å²) in [5, 5.41) is 104. The molecule has 110 heavy (non-hydrogen) atoms. The molecule has 42 heteroatoms. The molecule has 3 atom stereocenters. The number of rotatable bonds is 44. The Morgan fingerprint density at radius 2 is 0.436 bits per heavy atom. The molecule has 0 aromatic heterocycles. The van der Waals surface area contributed by atoms with Gasteiger partial charge in [0.2, 0.25) is 35.4 Å². The quantitative estimate of drug-likeness (QED) is 0.0252. The van der Waals surface area contributed by atoms with Gasteiger partial charge in [-0.3, -0.25) is 131 Å². The lowest BCUT2D eigenvalue weighted by Crippen LogP contribution is -2.55. The van der Waals surface area contributed by atoms with E-state index in [1.54, 1.807) is 65.7 Å². The largest absolute Gasteiger partial charge is 0.480 e. The Balaban J connectivity index is 1.84. The Hall–Kier alpha value is -8.43. The van der Waals surface area contributed by atoms with Crippen molar-refractivity contribution in [1.82, 2.24) is 90.7 Å². The second-order valence-electron chi connectivity index (χ2n) is 27.8. The van der Waals surface area contributed by atoms with Crippen LogP contribution in [0.2, 0.25) is 0 Å². The van der Waals surface area contributed by atoms with Gasteiger partial charge in [-0.25, -0.2) is 0 Å². The third kappa shape index (κ3) is 45.0. The summed E-state index contributed by atoms with van der Waals surface area (Å²) < 4.78 is 0. The molecule has 3 saturated heterocycles. The zero-order chi connectivity index (χ0) is 81.5. The molecule has 6 amide bonds. The van der Waals surface area contributed by atoms with Gasteiger partial charge >= 0.3 is 53.7 Å². The maximum atomic E-state index is 14.7. The van der Waals surface area contributed by atoms with Gasteiger partial charge in [-0.1, -0.05) is 19.8 Å². The molecule has 0 aromatic carbocycles. The molecule has 3 heterocycles. The van der Waals surface area contributed by atoms with Crippen LogP contribution in [0.4, 0.5) is 0 Å². The van der Waals surface area contributed by atoms with Crippen LogP contribution in [0, 0.1) is 0 Å². The Kier molecular flexibility index (Phi) is 47.2. The number of nitrogens with one attached hydrogen (secondary N) is 6. The molecule has 0 aliphatic carbocycles. The molecule has 0 aromatic rings. The average molecular weight is 1570 g/mol. The monoisotopic (exact) mass is 1570 g/mol. The van der Waals surface area contributed by atoms with Gasteiger partial charge in [0.15, 0.2) is 0 Å². The molecule has 626 valence electrons. The van der Waals surface area contributed by atoms with Crippen LogP contribution >= 0.6 is 0 Å². The highest BCUT2D eigenvalue weighted by molar-refractivity contribution is 5.92. The zero-order valence-corrected chi connectivity index (χ0v) is 63.7. The molecule has 42 nitrogen and oxygen atoms in total. The minimum absolute atomic E-state index is 0.0385. The van der Waals surface area contributed by atoms with Crippen LogP contribution in [0.15, 0.2) is 0 Å². The highest BCUT2D eigenvalue weighted by Gasteiger charge is 2.31. The van der Waals surface area contributed by atoms with E-state index in [2.05, 4.69) is 31.9 Å². The van der Waals surface area contributed by atoms with E-state index in [1.807, 2.05) is 6.92 Å². The number of hydrogen-bond acceptors (Lipinski definition) is 27. The molecule has 0 bridgehead atoms. The summed E-state index contributed by atoms with van der Waals surface area (Å²) in [4.78, 5) is 210. The first-order valence-corrected chi connectivity index (χ1v) is 37.6. The van der Waals surface area contributed by atoms with Crippen LogP contribution in [0.3, 0.4) is 0 Å². The van der Waals surface area contributed by atoms with Crippen molar-refractivity contribution in [2.45, 2.75) is 89.8 Å². The summed E-state index contributed by atoms with van der Waals surface area (Å²) >= 11 is 0. The number of carbonyl (C=O) groups excluding carboxylic acids is 6. The average Bonchev–Trinajstić information content (AvgIpc) is 0.893. The van der Waals surface area contributed by atoms with Gasteiger partial charge in [-0.15, -0.1) is 0 Å². The second-order valence-corrected chi connectivity index (χ2v) is 27.8. The predicted molar refractivity (Wildman–Crippen MR) is 394 cm³/mol. The smallest absolute Gasteiger partial charge is 0.317 e. The van der Waals surface area contributed by atoms with Crippen molar-refractivity contribution in [3.05, 3.63) is 0 Å². The molecular weight excluding hydrogens is 1450 g/mol. The van der Waals surface area contributed by atoms with Gasteiger partial charge in [0.05, 0.1) is 78.5 Å². The summed E-state index contributed by atoms with van der Waals surface area (Å²) in [7, 11) is 0. The van der Waals surface area contributed by atoms with E-state index in [0.717, 1.165) is 0 Å². The van der Waals surface area contributed by atoms with Gasteiger partial charge in [0.25, 0.3) is 0 Å². The van der Waals surface area contributed by atoms with E-state index in [1.165, 1.54) is 0 Å². The Morgan fingerprint density at radius 3 is 0.673 bits per heavy atom. The topological polar surface area (TPSA) is 549 Å². The third-order valence-electron chi connectivity index (χ3n) is 18.7. The number of amides is 6. The number of carboxylic acid groups (broad SMARTS) is 9. The van der Waals surface area contributed by atoms with Crippen LogP contribution in [-0.2, 0) is 71.9 Å². The summed E-state index contributed by atoms with van der Waals surface area (Å²) in [6, 6.07) is -3.47. The van der Waals surface area contributed by atoms with Crippen LogP contribution in [0.25, 0.3) is 0 Å². The maximum absolute atomic E-state index is 14.7. The molecule has 0 saturated carbocycles. The third-order valence-corrected chi connectivity index (χ3v) is 18.7.